The summed E-state index contributed by atoms with van der Waals surface area (Å²) in [5, 5.41) is 4.29. The van der Waals surface area contributed by atoms with E-state index in [0.29, 0.717) is 6.10 Å². The maximum Gasteiger partial charge on any atom is 0.0750 e. The Morgan fingerprint density at radius 2 is 2.14 bits per heavy atom. The van der Waals surface area contributed by atoms with Crippen molar-refractivity contribution in [2.24, 2.45) is 0 Å². The molecule has 1 N–H and O–H groups in total. The minimum absolute atomic E-state index is 0.113. The third-order valence-corrected chi connectivity index (χ3v) is 4.05. The summed E-state index contributed by atoms with van der Waals surface area (Å²) in [5.41, 5.74) is 2.40. The Balaban J connectivity index is 1.97. The number of likely N-dealkylation sites (N-methyl/N-ethyl adjacent to an activating group) is 1. The zero-order chi connectivity index (χ0) is 15.5. The van der Waals surface area contributed by atoms with Crippen LogP contribution in [0.1, 0.15) is 39.2 Å². The van der Waals surface area contributed by atoms with Crippen molar-refractivity contribution in [1.29, 1.82) is 0 Å². The highest BCUT2D eigenvalue weighted by Crippen LogP contribution is 2.27. The van der Waals surface area contributed by atoms with E-state index in [0.717, 1.165) is 36.8 Å². The molecule has 1 saturated heterocycles. The second-order valence-corrected chi connectivity index (χ2v) is 7.31. The van der Waals surface area contributed by atoms with E-state index in [1.807, 2.05) is 0 Å². The van der Waals surface area contributed by atoms with Gasteiger partial charge in [-0.05, 0) is 51.3 Å². The Kier molecular flexibility index (Phi) is 5.53. The molecule has 2 rings (SSSR count). The van der Waals surface area contributed by atoms with Gasteiger partial charge in [0.25, 0.3) is 0 Å². The lowest BCUT2D eigenvalue weighted by molar-refractivity contribution is 0.116. The lowest BCUT2D eigenvalue weighted by Gasteiger charge is -2.25. The Morgan fingerprint density at radius 1 is 1.38 bits per heavy atom. The summed E-state index contributed by atoms with van der Waals surface area (Å²) in [6, 6.07) is 6.31. The molecule has 0 spiro atoms. The van der Waals surface area contributed by atoms with Crippen LogP contribution < -0.4 is 10.2 Å². The van der Waals surface area contributed by atoms with E-state index in [1.165, 1.54) is 12.0 Å². The number of hydrogen-bond acceptors (Lipinski definition) is 3. The second kappa shape index (κ2) is 6.99. The fraction of sp³-hybridized carbons (Fsp3) is 0.647. The molecule has 0 bridgehead atoms. The first kappa shape index (κ1) is 16.6. The molecule has 1 aromatic carbocycles. The third kappa shape index (κ3) is 5.17. The predicted octanol–water partition coefficient (Wildman–Crippen LogP) is 3.84. The molecule has 118 valence electrons. The van der Waals surface area contributed by atoms with Gasteiger partial charge in [-0.2, -0.15) is 0 Å². The number of anilines is 1. The molecule has 0 radical (unpaired) electrons. The van der Waals surface area contributed by atoms with Gasteiger partial charge in [0.2, 0.25) is 0 Å². The van der Waals surface area contributed by atoms with Crippen molar-refractivity contribution in [3.05, 3.63) is 28.8 Å². The first-order valence-corrected chi connectivity index (χ1v) is 8.09. The van der Waals surface area contributed by atoms with Crippen molar-refractivity contribution in [3.8, 4) is 0 Å². The maximum absolute atomic E-state index is 6.45. The van der Waals surface area contributed by atoms with Crippen LogP contribution in [-0.2, 0) is 11.3 Å². The Labute approximate surface area is 133 Å². The SMILES string of the molecule is CN(CC1CCCO1)c1ccc(CNC(C)(C)C)cc1Cl. The van der Waals surface area contributed by atoms with Crippen LogP contribution >= 0.6 is 11.6 Å². The molecule has 1 aromatic rings. The van der Waals surface area contributed by atoms with Gasteiger partial charge in [-0.1, -0.05) is 17.7 Å². The van der Waals surface area contributed by atoms with Crippen molar-refractivity contribution in [2.75, 3.05) is 25.1 Å². The molecular weight excluding hydrogens is 284 g/mol. The molecule has 1 aliphatic rings. The van der Waals surface area contributed by atoms with Crippen LogP contribution in [0.2, 0.25) is 5.02 Å². The van der Waals surface area contributed by atoms with Gasteiger partial charge in [0, 0.05) is 32.3 Å². The highest BCUT2D eigenvalue weighted by Gasteiger charge is 2.18. The summed E-state index contributed by atoms with van der Waals surface area (Å²) >= 11 is 6.45. The van der Waals surface area contributed by atoms with Crippen molar-refractivity contribution in [3.63, 3.8) is 0 Å². The first-order chi connectivity index (χ1) is 9.85. The van der Waals surface area contributed by atoms with Crippen LogP contribution in [0.3, 0.4) is 0 Å². The number of nitrogens with zero attached hydrogens (tertiary/aromatic N) is 1. The Hall–Kier alpha value is -0.770. The number of nitrogens with one attached hydrogen (secondary N) is 1. The largest absolute Gasteiger partial charge is 0.376 e. The van der Waals surface area contributed by atoms with Crippen molar-refractivity contribution in [2.45, 2.75) is 51.8 Å². The van der Waals surface area contributed by atoms with E-state index in [9.17, 15) is 0 Å². The lowest BCUT2D eigenvalue weighted by atomic mass is 10.1. The van der Waals surface area contributed by atoms with Crippen LogP contribution in [0.4, 0.5) is 5.69 Å². The molecule has 1 atom stereocenters. The number of rotatable bonds is 5. The highest BCUT2D eigenvalue weighted by atomic mass is 35.5. The van der Waals surface area contributed by atoms with Gasteiger partial charge in [-0.25, -0.2) is 0 Å². The molecule has 1 aliphatic heterocycles. The van der Waals surface area contributed by atoms with E-state index in [2.05, 4.69) is 56.2 Å². The molecule has 1 heterocycles. The average molecular weight is 311 g/mol. The third-order valence-electron chi connectivity index (χ3n) is 3.75. The minimum Gasteiger partial charge on any atom is -0.376 e. The number of ether oxygens (including phenoxy) is 1. The van der Waals surface area contributed by atoms with Crippen molar-refractivity contribution < 1.29 is 4.74 Å². The number of halogens is 1. The van der Waals surface area contributed by atoms with Gasteiger partial charge < -0.3 is 15.0 Å². The molecule has 0 saturated carbocycles. The van der Waals surface area contributed by atoms with Gasteiger partial charge in [0.15, 0.2) is 0 Å². The van der Waals surface area contributed by atoms with Gasteiger partial charge in [0.1, 0.15) is 0 Å². The first-order valence-electron chi connectivity index (χ1n) is 7.71. The average Bonchev–Trinajstić information content (AvgIpc) is 2.88. The van der Waals surface area contributed by atoms with Crippen LogP contribution in [0.25, 0.3) is 0 Å². The quantitative estimate of drug-likeness (QED) is 0.894. The fourth-order valence-corrected chi connectivity index (χ4v) is 2.88. The smallest absolute Gasteiger partial charge is 0.0750 e. The lowest BCUT2D eigenvalue weighted by Crippen LogP contribution is -2.35. The molecule has 21 heavy (non-hydrogen) atoms. The minimum atomic E-state index is 0.113. The van der Waals surface area contributed by atoms with Crippen LogP contribution in [0, 0.1) is 0 Å². The van der Waals surface area contributed by atoms with Gasteiger partial charge in [-0.3, -0.25) is 0 Å². The van der Waals surface area contributed by atoms with Gasteiger partial charge >= 0.3 is 0 Å². The van der Waals surface area contributed by atoms with Crippen molar-refractivity contribution >= 4 is 17.3 Å². The van der Waals surface area contributed by atoms with Crippen LogP contribution in [-0.4, -0.2) is 31.8 Å². The number of benzene rings is 1. The summed E-state index contributed by atoms with van der Waals surface area (Å²) in [5.74, 6) is 0. The molecule has 1 fully saturated rings. The standard InChI is InChI=1S/C17H27ClN2O/c1-17(2,3)19-11-13-7-8-16(15(18)10-13)20(4)12-14-6-5-9-21-14/h7-8,10,14,19H,5-6,9,11-12H2,1-4H3. The zero-order valence-electron chi connectivity index (χ0n) is 13.6. The second-order valence-electron chi connectivity index (χ2n) is 6.90. The predicted molar refractivity (Wildman–Crippen MR) is 90.3 cm³/mol. The topological polar surface area (TPSA) is 24.5 Å². The summed E-state index contributed by atoms with van der Waals surface area (Å²) in [6.45, 7) is 9.12. The molecular formula is C17H27ClN2O. The van der Waals surface area contributed by atoms with Crippen LogP contribution in [0.5, 0.6) is 0 Å². The summed E-state index contributed by atoms with van der Waals surface area (Å²) in [6.07, 6.45) is 2.66. The summed E-state index contributed by atoms with van der Waals surface area (Å²) < 4.78 is 5.69. The highest BCUT2D eigenvalue weighted by molar-refractivity contribution is 6.33. The van der Waals surface area contributed by atoms with E-state index in [4.69, 9.17) is 16.3 Å². The number of hydrogen-bond donors (Lipinski definition) is 1. The van der Waals surface area contributed by atoms with Crippen LogP contribution in [0.15, 0.2) is 18.2 Å². The monoisotopic (exact) mass is 310 g/mol. The Bertz CT molecular complexity index is 464. The molecule has 3 nitrogen and oxygen atoms in total. The van der Waals surface area contributed by atoms with E-state index in [-0.39, 0.29) is 5.54 Å². The van der Waals surface area contributed by atoms with Gasteiger partial charge in [-0.15, -0.1) is 0 Å². The molecule has 4 heteroatoms. The van der Waals surface area contributed by atoms with Crippen molar-refractivity contribution in [1.82, 2.24) is 5.32 Å². The molecule has 1 unspecified atom stereocenters. The van der Waals surface area contributed by atoms with E-state index >= 15 is 0 Å². The zero-order valence-corrected chi connectivity index (χ0v) is 14.3. The summed E-state index contributed by atoms with van der Waals surface area (Å²) in [7, 11) is 2.08. The fourth-order valence-electron chi connectivity index (χ4n) is 2.53. The normalized spacial score (nSPS) is 19.0. The van der Waals surface area contributed by atoms with E-state index in [1.54, 1.807) is 0 Å². The molecule has 0 aliphatic carbocycles. The van der Waals surface area contributed by atoms with E-state index < -0.39 is 0 Å². The maximum atomic E-state index is 6.45. The summed E-state index contributed by atoms with van der Waals surface area (Å²) in [4.78, 5) is 2.19. The molecule has 0 aromatic heterocycles. The molecule has 0 amide bonds. The Morgan fingerprint density at radius 3 is 2.71 bits per heavy atom. The van der Waals surface area contributed by atoms with Gasteiger partial charge in [0.05, 0.1) is 16.8 Å².